The molecule has 0 amide bonds. The molecule has 1 aliphatic carbocycles. The highest BCUT2D eigenvalue weighted by Crippen LogP contribution is 2.47. The van der Waals surface area contributed by atoms with Gasteiger partial charge in [-0.1, -0.05) is 18.2 Å². The van der Waals surface area contributed by atoms with Gasteiger partial charge in [-0.25, -0.2) is 0 Å². The molecule has 4 nitrogen and oxygen atoms in total. The summed E-state index contributed by atoms with van der Waals surface area (Å²) in [6.07, 6.45) is 2.06. The largest absolute Gasteiger partial charge is 0.507 e. The van der Waals surface area contributed by atoms with Crippen molar-refractivity contribution in [3.05, 3.63) is 29.3 Å². The Labute approximate surface area is 99.5 Å². The zero-order valence-electron chi connectivity index (χ0n) is 9.47. The third-order valence-electron chi connectivity index (χ3n) is 3.31. The van der Waals surface area contributed by atoms with Gasteiger partial charge in [0.05, 0.1) is 13.0 Å². The van der Waals surface area contributed by atoms with E-state index in [2.05, 4.69) is 0 Å². The van der Waals surface area contributed by atoms with Crippen molar-refractivity contribution in [1.82, 2.24) is 0 Å². The van der Waals surface area contributed by atoms with E-state index in [1.165, 1.54) is 0 Å². The maximum atomic E-state index is 10.9. The van der Waals surface area contributed by atoms with Crippen LogP contribution in [0.1, 0.15) is 36.3 Å². The van der Waals surface area contributed by atoms with Crippen LogP contribution in [0.25, 0.3) is 0 Å². The number of hydrogen-bond donors (Lipinski definition) is 3. The molecule has 1 aromatic rings. The number of aliphatic hydroxyl groups is 1. The van der Waals surface area contributed by atoms with Crippen molar-refractivity contribution in [1.29, 1.82) is 0 Å². The summed E-state index contributed by atoms with van der Waals surface area (Å²) in [7, 11) is 0. The Hall–Kier alpha value is -1.55. The Bertz CT molecular complexity index is 423. The molecule has 0 bridgehead atoms. The van der Waals surface area contributed by atoms with E-state index in [0.29, 0.717) is 17.0 Å². The van der Waals surface area contributed by atoms with E-state index in [0.717, 1.165) is 12.8 Å². The smallest absolute Gasteiger partial charge is 0.303 e. The van der Waals surface area contributed by atoms with Crippen LogP contribution >= 0.6 is 0 Å². The Kier molecular flexibility index (Phi) is 3.33. The van der Waals surface area contributed by atoms with Crippen LogP contribution in [0, 0.1) is 5.92 Å². The quantitative estimate of drug-likeness (QED) is 0.729. The molecule has 1 fully saturated rings. The molecule has 0 heterocycles. The van der Waals surface area contributed by atoms with Crippen LogP contribution in [0.4, 0.5) is 0 Å². The standard InChI is InChI=1S/C13H16O4/c14-7-9-2-1-3-10(13(9)17)11(6-12(15)16)8-4-5-8/h1-3,8,11,14,17H,4-7H2,(H,15,16). The number of hydrogen-bond acceptors (Lipinski definition) is 3. The molecule has 1 saturated carbocycles. The summed E-state index contributed by atoms with van der Waals surface area (Å²) < 4.78 is 0. The first-order valence-electron chi connectivity index (χ1n) is 5.77. The zero-order valence-corrected chi connectivity index (χ0v) is 9.47. The number of para-hydroxylation sites is 1. The molecule has 0 spiro atoms. The second-order valence-electron chi connectivity index (χ2n) is 4.55. The number of carboxylic acid groups (broad SMARTS) is 1. The van der Waals surface area contributed by atoms with E-state index in [4.69, 9.17) is 10.2 Å². The van der Waals surface area contributed by atoms with Crippen LogP contribution in [0.15, 0.2) is 18.2 Å². The fourth-order valence-corrected chi connectivity index (χ4v) is 2.26. The Morgan fingerprint density at radius 2 is 2.12 bits per heavy atom. The summed E-state index contributed by atoms with van der Waals surface area (Å²) in [6.45, 7) is -0.232. The predicted molar refractivity (Wildman–Crippen MR) is 61.7 cm³/mol. The summed E-state index contributed by atoms with van der Waals surface area (Å²) in [5, 5.41) is 28.0. The average molecular weight is 236 g/mol. The summed E-state index contributed by atoms with van der Waals surface area (Å²) in [5.41, 5.74) is 1.11. The Balaban J connectivity index is 2.31. The van der Waals surface area contributed by atoms with Crippen molar-refractivity contribution in [3.63, 3.8) is 0 Å². The van der Waals surface area contributed by atoms with Gasteiger partial charge in [0, 0.05) is 11.5 Å². The molecule has 3 N–H and O–H groups in total. The Morgan fingerprint density at radius 1 is 1.41 bits per heavy atom. The molecule has 1 aliphatic rings. The number of benzene rings is 1. The molecule has 1 atom stereocenters. The Morgan fingerprint density at radius 3 is 2.65 bits per heavy atom. The maximum Gasteiger partial charge on any atom is 0.303 e. The van der Waals surface area contributed by atoms with Gasteiger partial charge < -0.3 is 15.3 Å². The van der Waals surface area contributed by atoms with Crippen molar-refractivity contribution in [2.24, 2.45) is 5.92 Å². The van der Waals surface area contributed by atoms with E-state index < -0.39 is 5.97 Å². The SMILES string of the molecule is O=C(O)CC(c1cccc(CO)c1O)C1CC1. The minimum atomic E-state index is -0.851. The van der Waals surface area contributed by atoms with Gasteiger partial charge in [0.2, 0.25) is 0 Å². The van der Waals surface area contributed by atoms with Crippen LogP contribution in [0.3, 0.4) is 0 Å². The fourth-order valence-electron chi connectivity index (χ4n) is 2.26. The van der Waals surface area contributed by atoms with Crippen molar-refractivity contribution in [2.45, 2.75) is 31.8 Å². The summed E-state index contributed by atoms with van der Waals surface area (Å²) in [6, 6.07) is 5.14. The number of aliphatic carboxylic acids is 1. The van der Waals surface area contributed by atoms with Crippen LogP contribution in [0.5, 0.6) is 5.75 Å². The number of carboxylic acids is 1. The highest BCUT2D eigenvalue weighted by atomic mass is 16.4. The molecule has 17 heavy (non-hydrogen) atoms. The molecule has 4 heteroatoms. The molecule has 1 aromatic carbocycles. The van der Waals surface area contributed by atoms with Gasteiger partial charge in [0.15, 0.2) is 0 Å². The van der Waals surface area contributed by atoms with Crippen molar-refractivity contribution >= 4 is 5.97 Å². The maximum absolute atomic E-state index is 10.9. The normalized spacial score (nSPS) is 16.8. The fraction of sp³-hybridized carbons (Fsp3) is 0.462. The van der Waals surface area contributed by atoms with Gasteiger partial charge in [-0.2, -0.15) is 0 Å². The average Bonchev–Trinajstić information content (AvgIpc) is 3.10. The van der Waals surface area contributed by atoms with Gasteiger partial charge in [-0.3, -0.25) is 4.79 Å². The van der Waals surface area contributed by atoms with Crippen LogP contribution in [-0.4, -0.2) is 21.3 Å². The van der Waals surface area contributed by atoms with Crippen LogP contribution in [0.2, 0.25) is 0 Å². The number of aliphatic hydroxyl groups excluding tert-OH is 1. The lowest BCUT2D eigenvalue weighted by molar-refractivity contribution is -0.137. The van der Waals surface area contributed by atoms with Crippen molar-refractivity contribution in [3.8, 4) is 5.75 Å². The molecule has 0 saturated heterocycles. The second-order valence-corrected chi connectivity index (χ2v) is 4.55. The van der Waals surface area contributed by atoms with E-state index in [-0.39, 0.29) is 24.7 Å². The number of carbonyl (C=O) groups is 1. The lowest BCUT2D eigenvalue weighted by Gasteiger charge is -2.17. The van der Waals surface area contributed by atoms with Gasteiger partial charge >= 0.3 is 5.97 Å². The second kappa shape index (κ2) is 4.75. The first kappa shape index (κ1) is 11.9. The highest BCUT2D eigenvalue weighted by Gasteiger charge is 2.35. The monoisotopic (exact) mass is 236 g/mol. The minimum absolute atomic E-state index is 0.0348. The third kappa shape index (κ3) is 2.58. The summed E-state index contributed by atoms with van der Waals surface area (Å²) in [5.74, 6) is -0.589. The number of rotatable bonds is 5. The van der Waals surface area contributed by atoms with Crippen molar-refractivity contribution in [2.75, 3.05) is 0 Å². The lowest BCUT2D eigenvalue weighted by atomic mass is 9.89. The van der Waals surface area contributed by atoms with Gasteiger partial charge in [-0.15, -0.1) is 0 Å². The molecule has 92 valence electrons. The lowest BCUT2D eigenvalue weighted by Crippen LogP contribution is -2.09. The first-order chi connectivity index (χ1) is 8.13. The molecule has 0 aromatic heterocycles. The van der Waals surface area contributed by atoms with Crippen molar-refractivity contribution < 1.29 is 20.1 Å². The van der Waals surface area contributed by atoms with Gasteiger partial charge in [-0.05, 0) is 24.3 Å². The highest BCUT2D eigenvalue weighted by molar-refractivity contribution is 5.68. The zero-order chi connectivity index (χ0) is 12.4. The van der Waals surface area contributed by atoms with E-state index >= 15 is 0 Å². The third-order valence-corrected chi connectivity index (χ3v) is 3.31. The minimum Gasteiger partial charge on any atom is -0.507 e. The first-order valence-corrected chi connectivity index (χ1v) is 5.77. The molecule has 2 rings (SSSR count). The molecular weight excluding hydrogens is 220 g/mol. The van der Waals surface area contributed by atoms with Gasteiger partial charge in [0.1, 0.15) is 5.75 Å². The van der Waals surface area contributed by atoms with Crippen LogP contribution in [-0.2, 0) is 11.4 Å². The number of phenols is 1. The summed E-state index contributed by atoms with van der Waals surface area (Å²) >= 11 is 0. The van der Waals surface area contributed by atoms with E-state index in [9.17, 15) is 9.90 Å². The van der Waals surface area contributed by atoms with Gasteiger partial charge in [0.25, 0.3) is 0 Å². The van der Waals surface area contributed by atoms with E-state index in [1.54, 1.807) is 18.2 Å². The summed E-state index contributed by atoms with van der Waals surface area (Å²) in [4.78, 5) is 10.9. The molecule has 0 radical (unpaired) electrons. The molecular formula is C13H16O4. The number of aromatic hydroxyl groups is 1. The predicted octanol–water partition coefficient (Wildman–Crippen LogP) is 1.85. The molecule has 0 aliphatic heterocycles. The van der Waals surface area contributed by atoms with Crippen LogP contribution < -0.4 is 0 Å². The molecule has 1 unspecified atom stereocenters. The van der Waals surface area contributed by atoms with E-state index in [1.807, 2.05) is 0 Å². The topological polar surface area (TPSA) is 77.8 Å².